The van der Waals surface area contributed by atoms with Crippen LogP contribution in [0, 0.1) is 0 Å². The molecule has 0 atom stereocenters. The molecule has 3 rings (SSSR count). The van der Waals surface area contributed by atoms with Crippen molar-refractivity contribution in [3.8, 4) is 17.0 Å². The number of carbonyl (C=O) groups excluding carboxylic acids is 1. The Morgan fingerprint density at radius 1 is 1.28 bits per heavy atom. The summed E-state index contributed by atoms with van der Waals surface area (Å²) in [6.45, 7) is 2.44. The van der Waals surface area contributed by atoms with Crippen LogP contribution in [0.15, 0.2) is 48.1 Å². The molecule has 1 amide bonds. The number of anilines is 1. The maximum atomic E-state index is 13.4. The van der Waals surface area contributed by atoms with Crippen LogP contribution in [-0.4, -0.2) is 22.5 Å². The molecule has 3 aromatic rings. The van der Waals surface area contributed by atoms with Crippen LogP contribution >= 0.6 is 11.3 Å². The first kappa shape index (κ1) is 20.9. The Bertz CT molecular complexity index is 948. The normalized spacial score (nSPS) is 10.9. The van der Waals surface area contributed by atoms with Crippen LogP contribution in [-0.2, 0) is 0 Å². The van der Waals surface area contributed by atoms with Crippen LogP contribution in [0.4, 0.5) is 14.5 Å². The molecule has 2 heterocycles. The average Bonchev–Trinajstić information content (AvgIpc) is 3.23. The van der Waals surface area contributed by atoms with Gasteiger partial charge in [-0.1, -0.05) is 19.8 Å². The van der Waals surface area contributed by atoms with E-state index in [0.717, 1.165) is 24.8 Å². The number of aromatic nitrogens is 2. The Hall–Kier alpha value is -2.87. The Morgan fingerprint density at radius 2 is 2.14 bits per heavy atom. The minimum absolute atomic E-state index is 0.141. The number of carbonyl (C=O) groups is 1. The molecule has 152 valence electrons. The number of amides is 1. The predicted molar refractivity (Wildman–Crippen MR) is 110 cm³/mol. The van der Waals surface area contributed by atoms with Gasteiger partial charge < -0.3 is 10.1 Å². The summed E-state index contributed by atoms with van der Waals surface area (Å²) in [4.78, 5) is 20.8. The van der Waals surface area contributed by atoms with Crippen molar-refractivity contribution in [3.05, 3.63) is 58.7 Å². The third kappa shape index (κ3) is 5.57. The molecule has 1 N–H and O–H groups in total. The van der Waals surface area contributed by atoms with Crippen molar-refractivity contribution in [1.29, 1.82) is 0 Å². The monoisotopic (exact) mass is 417 g/mol. The number of pyridine rings is 1. The summed E-state index contributed by atoms with van der Waals surface area (Å²) in [6.07, 6.45) is 3.42. The van der Waals surface area contributed by atoms with Crippen LogP contribution in [0.2, 0.25) is 0 Å². The SMILES string of the molecule is CCCCCOc1ccc(NC(=O)c2nc(-c3cccnc3)cs2)cc1C(F)F. The lowest BCUT2D eigenvalue weighted by Gasteiger charge is -2.13. The maximum Gasteiger partial charge on any atom is 0.284 e. The Balaban J connectivity index is 1.70. The summed E-state index contributed by atoms with van der Waals surface area (Å²) >= 11 is 1.18. The number of nitrogens with one attached hydrogen (secondary N) is 1. The summed E-state index contributed by atoms with van der Waals surface area (Å²) in [5.74, 6) is -0.316. The third-order valence-electron chi connectivity index (χ3n) is 4.16. The number of hydrogen-bond acceptors (Lipinski definition) is 5. The van der Waals surface area contributed by atoms with Gasteiger partial charge in [0, 0.05) is 29.0 Å². The molecule has 5 nitrogen and oxygen atoms in total. The zero-order valence-corrected chi connectivity index (χ0v) is 16.7. The summed E-state index contributed by atoms with van der Waals surface area (Å²) in [5, 5.41) is 4.62. The van der Waals surface area contributed by atoms with E-state index in [4.69, 9.17) is 4.74 Å². The van der Waals surface area contributed by atoms with Crippen molar-refractivity contribution in [3.63, 3.8) is 0 Å². The zero-order chi connectivity index (χ0) is 20.6. The number of halogens is 2. The molecule has 1 aromatic carbocycles. The van der Waals surface area contributed by atoms with Gasteiger partial charge in [-0.05, 0) is 36.8 Å². The second kappa shape index (κ2) is 10.1. The minimum Gasteiger partial charge on any atom is -0.493 e. The molecule has 0 aliphatic rings. The summed E-state index contributed by atoms with van der Waals surface area (Å²) in [5.41, 5.74) is 1.46. The van der Waals surface area contributed by atoms with Gasteiger partial charge in [-0.2, -0.15) is 0 Å². The molecule has 0 aliphatic carbocycles. The Morgan fingerprint density at radius 3 is 2.86 bits per heavy atom. The van der Waals surface area contributed by atoms with Crippen molar-refractivity contribution in [1.82, 2.24) is 9.97 Å². The van der Waals surface area contributed by atoms with Gasteiger partial charge in [0.15, 0.2) is 5.01 Å². The highest BCUT2D eigenvalue weighted by Crippen LogP contribution is 2.32. The zero-order valence-electron chi connectivity index (χ0n) is 15.9. The highest BCUT2D eigenvalue weighted by molar-refractivity contribution is 7.12. The van der Waals surface area contributed by atoms with Crippen molar-refractivity contribution in [2.75, 3.05) is 11.9 Å². The molecule has 8 heteroatoms. The van der Waals surface area contributed by atoms with Crippen LogP contribution in [0.5, 0.6) is 5.75 Å². The number of nitrogens with zero attached hydrogens (tertiary/aromatic N) is 2. The number of unbranched alkanes of at least 4 members (excludes halogenated alkanes) is 2. The van der Waals surface area contributed by atoms with Crippen LogP contribution in [0.3, 0.4) is 0 Å². The molecular weight excluding hydrogens is 396 g/mol. The Kier molecular flexibility index (Phi) is 7.24. The largest absolute Gasteiger partial charge is 0.493 e. The molecule has 0 saturated heterocycles. The van der Waals surface area contributed by atoms with E-state index in [2.05, 4.69) is 22.2 Å². The van der Waals surface area contributed by atoms with Crippen LogP contribution < -0.4 is 10.1 Å². The van der Waals surface area contributed by atoms with E-state index in [0.29, 0.717) is 12.3 Å². The van der Waals surface area contributed by atoms with E-state index < -0.39 is 12.3 Å². The summed E-state index contributed by atoms with van der Waals surface area (Å²) < 4.78 is 32.3. The molecule has 0 fully saturated rings. The number of ether oxygens (including phenoxy) is 1. The van der Waals surface area contributed by atoms with E-state index in [1.165, 1.54) is 23.5 Å². The highest BCUT2D eigenvalue weighted by Gasteiger charge is 2.17. The maximum absolute atomic E-state index is 13.4. The fourth-order valence-electron chi connectivity index (χ4n) is 2.67. The molecule has 2 aromatic heterocycles. The standard InChI is InChI=1S/C21H21F2N3O2S/c1-2-3-4-10-28-18-8-7-15(11-16(18)19(22)23)25-20(27)21-26-17(13-29-21)14-6-5-9-24-12-14/h5-9,11-13,19H,2-4,10H2,1H3,(H,25,27). The molecular formula is C21H21F2N3O2S. The molecule has 0 saturated carbocycles. The number of hydrogen-bond donors (Lipinski definition) is 1. The van der Waals surface area contributed by atoms with Gasteiger partial charge in [0.05, 0.1) is 17.9 Å². The van der Waals surface area contributed by atoms with Crippen molar-refractivity contribution >= 4 is 22.9 Å². The van der Waals surface area contributed by atoms with Gasteiger partial charge in [0.25, 0.3) is 12.3 Å². The Labute approximate surface area is 171 Å². The minimum atomic E-state index is -2.70. The first-order valence-corrected chi connectivity index (χ1v) is 10.2. The highest BCUT2D eigenvalue weighted by atomic mass is 32.1. The van der Waals surface area contributed by atoms with Crippen molar-refractivity contribution < 1.29 is 18.3 Å². The van der Waals surface area contributed by atoms with Crippen LogP contribution in [0.25, 0.3) is 11.3 Å². The van der Waals surface area contributed by atoms with Gasteiger partial charge >= 0.3 is 0 Å². The van der Waals surface area contributed by atoms with E-state index in [-0.39, 0.29) is 22.0 Å². The first-order chi connectivity index (χ1) is 14.1. The van der Waals surface area contributed by atoms with Gasteiger partial charge in [-0.3, -0.25) is 9.78 Å². The topological polar surface area (TPSA) is 64.1 Å². The number of benzene rings is 1. The van der Waals surface area contributed by atoms with Crippen molar-refractivity contribution in [2.45, 2.75) is 32.6 Å². The molecule has 0 bridgehead atoms. The lowest BCUT2D eigenvalue weighted by atomic mass is 10.1. The van der Waals surface area contributed by atoms with Crippen LogP contribution in [0.1, 0.15) is 48.0 Å². The number of rotatable bonds is 9. The molecule has 0 unspecified atom stereocenters. The van der Waals surface area contributed by atoms with Gasteiger partial charge in [-0.15, -0.1) is 11.3 Å². The lowest BCUT2D eigenvalue weighted by Crippen LogP contribution is -2.12. The van der Waals surface area contributed by atoms with Gasteiger partial charge in [-0.25, -0.2) is 13.8 Å². The molecule has 0 spiro atoms. The molecule has 29 heavy (non-hydrogen) atoms. The second-order valence-corrected chi connectivity index (χ2v) is 7.20. The summed E-state index contributed by atoms with van der Waals surface area (Å²) in [7, 11) is 0. The summed E-state index contributed by atoms with van der Waals surface area (Å²) in [6, 6.07) is 7.89. The number of alkyl halides is 2. The van der Waals surface area contributed by atoms with E-state index >= 15 is 0 Å². The lowest BCUT2D eigenvalue weighted by molar-refractivity contribution is 0.102. The van der Waals surface area contributed by atoms with E-state index in [1.54, 1.807) is 29.9 Å². The van der Waals surface area contributed by atoms with Crippen molar-refractivity contribution in [2.24, 2.45) is 0 Å². The van der Waals surface area contributed by atoms with E-state index in [9.17, 15) is 13.6 Å². The third-order valence-corrected chi connectivity index (χ3v) is 5.00. The average molecular weight is 417 g/mol. The first-order valence-electron chi connectivity index (χ1n) is 9.30. The fourth-order valence-corrected chi connectivity index (χ4v) is 3.39. The van der Waals surface area contributed by atoms with E-state index in [1.807, 2.05) is 6.07 Å². The smallest absolute Gasteiger partial charge is 0.284 e. The molecule has 0 aliphatic heterocycles. The van der Waals surface area contributed by atoms with Gasteiger partial charge in [0.2, 0.25) is 0 Å². The molecule has 0 radical (unpaired) electrons. The predicted octanol–water partition coefficient (Wildman–Crippen LogP) is 5.96. The fraction of sp³-hybridized carbons (Fsp3) is 0.286. The van der Waals surface area contributed by atoms with Gasteiger partial charge in [0.1, 0.15) is 5.75 Å². The second-order valence-electron chi connectivity index (χ2n) is 6.34. The quantitative estimate of drug-likeness (QED) is 0.436. The number of thiazole rings is 1.